The maximum atomic E-state index is 12.7. The third-order valence-electron chi connectivity index (χ3n) is 4.95. The summed E-state index contributed by atoms with van der Waals surface area (Å²) < 4.78 is 47.2. The molecule has 1 aliphatic heterocycles. The number of ether oxygens (including phenoxy) is 1. The fourth-order valence-corrected chi connectivity index (χ4v) is 3.87. The van der Waals surface area contributed by atoms with Crippen LogP contribution >= 0.6 is 11.9 Å². The van der Waals surface area contributed by atoms with Crippen LogP contribution in [0.3, 0.4) is 0 Å². The van der Waals surface area contributed by atoms with Crippen molar-refractivity contribution >= 4 is 28.6 Å². The van der Waals surface area contributed by atoms with Gasteiger partial charge >= 0.3 is 6.18 Å². The van der Waals surface area contributed by atoms with E-state index in [0.717, 1.165) is 22.9 Å². The summed E-state index contributed by atoms with van der Waals surface area (Å²) in [6.07, 6.45) is -2.43. The summed E-state index contributed by atoms with van der Waals surface area (Å²) in [5.74, 6) is 0.799. The molecule has 3 aromatic rings. The molecule has 0 bridgehead atoms. The van der Waals surface area contributed by atoms with Crippen LogP contribution < -0.4 is 9.46 Å². The minimum absolute atomic E-state index is 0.0230. The molecule has 1 N–H and O–H groups in total. The highest BCUT2D eigenvalue weighted by Crippen LogP contribution is 2.34. The molecular weight excluding hydrogens is 413 g/mol. The van der Waals surface area contributed by atoms with Crippen molar-refractivity contribution in [3.8, 4) is 11.5 Å². The molecular formula is C22H19F3N2O2S. The van der Waals surface area contributed by atoms with Gasteiger partial charge in [0.2, 0.25) is 0 Å². The number of halogens is 3. The molecule has 0 aliphatic carbocycles. The van der Waals surface area contributed by atoms with Crippen LogP contribution in [0, 0.1) is 0 Å². The maximum absolute atomic E-state index is 12.7. The van der Waals surface area contributed by atoms with Gasteiger partial charge in [-0.05, 0) is 60.2 Å². The predicted molar refractivity (Wildman–Crippen MR) is 112 cm³/mol. The van der Waals surface area contributed by atoms with E-state index in [1.807, 2.05) is 18.4 Å². The molecule has 4 nitrogen and oxygen atoms in total. The Morgan fingerprint density at radius 3 is 2.50 bits per heavy atom. The van der Waals surface area contributed by atoms with Crippen molar-refractivity contribution in [1.29, 1.82) is 0 Å². The van der Waals surface area contributed by atoms with E-state index in [9.17, 15) is 18.0 Å². The van der Waals surface area contributed by atoms with Gasteiger partial charge in [0, 0.05) is 24.0 Å². The lowest BCUT2D eigenvalue weighted by atomic mass is 10.0. The van der Waals surface area contributed by atoms with E-state index in [2.05, 4.69) is 4.72 Å². The smallest absolute Gasteiger partial charge is 0.416 e. The van der Waals surface area contributed by atoms with E-state index in [0.29, 0.717) is 36.2 Å². The van der Waals surface area contributed by atoms with E-state index in [1.54, 1.807) is 41.1 Å². The zero-order valence-corrected chi connectivity index (χ0v) is 16.9. The molecule has 3 aromatic carbocycles. The van der Waals surface area contributed by atoms with Crippen LogP contribution in [0.1, 0.15) is 15.9 Å². The van der Waals surface area contributed by atoms with E-state index in [-0.39, 0.29) is 5.91 Å². The van der Waals surface area contributed by atoms with Gasteiger partial charge in [0.1, 0.15) is 11.5 Å². The number of likely N-dealkylation sites (tertiary alicyclic amines) is 1. The lowest BCUT2D eigenvalue weighted by molar-refractivity contribution is -0.137. The molecule has 1 saturated heterocycles. The Morgan fingerprint density at radius 2 is 1.83 bits per heavy atom. The highest BCUT2D eigenvalue weighted by Gasteiger charge is 2.31. The van der Waals surface area contributed by atoms with Crippen LogP contribution in [-0.2, 0) is 6.18 Å². The van der Waals surface area contributed by atoms with Crippen molar-refractivity contribution in [3.63, 3.8) is 0 Å². The van der Waals surface area contributed by atoms with Crippen molar-refractivity contribution in [2.45, 2.75) is 12.2 Å². The SMILES string of the molecule is CSNC1CN(C(=O)c2ccc3c(Oc4ccc(C(F)(F)F)cc4)cccc3c2)C1. The number of alkyl halides is 3. The summed E-state index contributed by atoms with van der Waals surface area (Å²) in [7, 11) is 0. The molecule has 1 fully saturated rings. The molecule has 1 heterocycles. The molecule has 156 valence electrons. The second kappa shape index (κ2) is 8.20. The van der Waals surface area contributed by atoms with Gasteiger partial charge in [-0.25, -0.2) is 0 Å². The fourth-order valence-electron chi connectivity index (χ4n) is 3.38. The van der Waals surface area contributed by atoms with Gasteiger partial charge in [-0.3, -0.25) is 9.52 Å². The monoisotopic (exact) mass is 432 g/mol. The molecule has 8 heteroatoms. The quantitative estimate of drug-likeness (QED) is 0.553. The predicted octanol–water partition coefficient (Wildman–Crippen LogP) is 5.34. The fraction of sp³-hybridized carbons (Fsp3) is 0.227. The first-order chi connectivity index (χ1) is 14.3. The van der Waals surface area contributed by atoms with Crippen molar-refractivity contribution in [3.05, 3.63) is 71.8 Å². The molecule has 0 aromatic heterocycles. The van der Waals surface area contributed by atoms with E-state index < -0.39 is 11.7 Å². The van der Waals surface area contributed by atoms with Crippen molar-refractivity contribution in [2.75, 3.05) is 19.3 Å². The van der Waals surface area contributed by atoms with Crippen molar-refractivity contribution < 1.29 is 22.7 Å². The van der Waals surface area contributed by atoms with Crippen molar-refractivity contribution in [2.24, 2.45) is 0 Å². The Morgan fingerprint density at radius 1 is 1.10 bits per heavy atom. The van der Waals surface area contributed by atoms with E-state index >= 15 is 0 Å². The summed E-state index contributed by atoms with van der Waals surface area (Å²) in [5, 5.41) is 1.60. The second-order valence-corrected chi connectivity index (χ2v) is 7.69. The number of fused-ring (bicyclic) bond motifs is 1. The highest BCUT2D eigenvalue weighted by molar-refractivity contribution is 7.96. The molecule has 0 atom stereocenters. The molecule has 0 spiro atoms. The van der Waals surface area contributed by atoms with Crippen LogP contribution in [0.25, 0.3) is 10.8 Å². The number of hydrogen-bond donors (Lipinski definition) is 1. The van der Waals surface area contributed by atoms with Gasteiger partial charge in [-0.1, -0.05) is 24.1 Å². The highest BCUT2D eigenvalue weighted by atomic mass is 32.2. The normalized spacial score (nSPS) is 14.6. The zero-order valence-electron chi connectivity index (χ0n) is 16.1. The summed E-state index contributed by atoms with van der Waals surface area (Å²) in [6.45, 7) is 1.35. The van der Waals surface area contributed by atoms with Crippen molar-refractivity contribution in [1.82, 2.24) is 9.62 Å². The van der Waals surface area contributed by atoms with Crippen LogP contribution in [-0.4, -0.2) is 36.2 Å². The number of hydrogen-bond acceptors (Lipinski definition) is 4. The first-order valence-corrected chi connectivity index (χ1v) is 10.5. The number of nitrogens with zero attached hydrogens (tertiary/aromatic N) is 1. The number of nitrogens with one attached hydrogen (secondary N) is 1. The second-order valence-electron chi connectivity index (χ2n) is 7.05. The van der Waals surface area contributed by atoms with Gasteiger partial charge in [0.25, 0.3) is 5.91 Å². The number of amides is 1. The van der Waals surface area contributed by atoms with E-state index in [1.165, 1.54) is 12.1 Å². The largest absolute Gasteiger partial charge is 0.457 e. The Kier molecular flexibility index (Phi) is 5.62. The number of carbonyl (C=O) groups is 1. The van der Waals surface area contributed by atoms with Gasteiger partial charge in [-0.15, -0.1) is 0 Å². The molecule has 4 rings (SSSR count). The van der Waals surface area contributed by atoms with E-state index in [4.69, 9.17) is 4.74 Å². The molecule has 1 aliphatic rings. The lowest BCUT2D eigenvalue weighted by Gasteiger charge is -2.39. The van der Waals surface area contributed by atoms with Gasteiger partial charge < -0.3 is 9.64 Å². The Balaban J connectivity index is 1.52. The van der Waals surface area contributed by atoms with Gasteiger partial charge in [0.05, 0.1) is 11.6 Å². The Labute approximate surface area is 176 Å². The number of carbonyl (C=O) groups excluding carboxylic acids is 1. The first-order valence-electron chi connectivity index (χ1n) is 9.31. The molecule has 30 heavy (non-hydrogen) atoms. The summed E-state index contributed by atoms with van der Waals surface area (Å²) in [5.41, 5.74) is -0.131. The number of rotatable bonds is 5. The maximum Gasteiger partial charge on any atom is 0.416 e. The summed E-state index contributed by atoms with van der Waals surface area (Å²) in [4.78, 5) is 14.5. The minimum atomic E-state index is -4.39. The minimum Gasteiger partial charge on any atom is -0.457 e. The lowest BCUT2D eigenvalue weighted by Crippen LogP contribution is -2.58. The standard InChI is InChI=1S/C22H19F3N2O2S/c1-30-26-17-12-27(13-17)21(28)15-5-10-19-14(11-15)3-2-4-20(19)29-18-8-6-16(7-9-18)22(23,24)25/h2-11,17,26H,12-13H2,1H3. The summed E-state index contributed by atoms with van der Waals surface area (Å²) >= 11 is 1.54. The third kappa shape index (κ3) is 4.24. The first kappa shape index (κ1) is 20.6. The number of benzene rings is 3. The summed E-state index contributed by atoms with van der Waals surface area (Å²) in [6, 6.07) is 15.7. The molecule has 1 amide bonds. The molecule has 0 radical (unpaired) electrons. The van der Waals surface area contributed by atoms with Crippen LogP contribution in [0.15, 0.2) is 60.7 Å². The Hall–Kier alpha value is -2.71. The Bertz CT molecular complexity index is 1060. The third-order valence-corrected chi connectivity index (χ3v) is 5.52. The topological polar surface area (TPSA) is 41.6 Å². The zero-order chi connectivity index (χ0) is 21.3. The average Bonchev–Trinajstić information content (AvgIpc) is 2.69. The van der Waals surface area contributed by atoms with Gasteiger partial charge in [0.15, 0.2) is 0 Å². The molecule has 0 unspecified atom stereocenters. The molecule has 0 saturated carbocycles. The van der Waals surface area contributed by atoms with Gasteiger partial charge in [-0.2, -0.15) is 13.2 Å². The van der Waals surface area contributed by atoms with Crippen LogP contribution in [0.5, 0.6) is 11.5 Å². The van der Waals surface area contributed by atoms with Crippen LogP contribution in [0.2, 0.25) is 0 Å². The van der Waals surface area contributed by atoms with Crippen LogP contribution in [0.4, 0.5) is 13.2 Å². The average molecular weight is 432 g/mol.